The Balaban J connectivity index is 2.29. The number of esters is 4. The minimum atomic E-state index is -0.779. The molecule has 0 saturated heterocycles. The van der Waals surface area contributed by atoms with E-state index in [4.69, 9.17) is 18.9 Å². The molecule has 1 fully saturated rings. The lowest BCUT2D eigenvalue weighted by Crippen LogP contribution is -2.41. The van der Waals surface area contributed by atoms with Crippen LogP contribution < -0.4 is 10.4 Å². The first-order valence-electron chi connectivity index (χ1n) is 12.8. The number of carbonyl (C=O) groups excluding carboxylic acids is 5. The summed E-state index contributed by atoms with van der Waals surface area (Å²) in [5.41, 5.74) is 2.38. The minimum Gasteiger partial charge on any atom is -0.462 e. The predicted octanol–water partition coefficient (Wildman–Crippen LogP) is 4.16. The van der Waals surface area contributed by atoms with Crippen molar-refractivity contribution >= 4 is 41.2 Å². The van der Waals surface area contributed by atoms with Gasteiger partial charge in [-0.1, -0.05) is 12.1 Å². The zero-order chi connectivity index (χ0) is 28.5. The quantitative estimate of drug-likeness (QED) is 0.237. The number of rotatable bonds is 12. The largest absolute Gasteiger partial charge is 0.462 e. The third-order valence-electron chi connectivity index (χ3n) is 5.68. The molecule has 208 valence electrons. The standard InChI is InChI=1S/C28H32N2O9/c1-5-36-25(32)18-11-9-12-19(26(33)37-6-2)22(18)29-30(24(31)17-15-16-17)23-20(27(34)38-7-3)13-10-14-21(23)28(35)39-8-4/h9-14,17,29H,5-8,15-16H2,1-4H3. The first kappa shape index (κ1) is 29.2. The predicted molar refractivity (Wildman–Crippen MR) is 141 cm³/mol. The van der Waals surface area contributed by atoms with E-state index in [1.165, 1.54) is 36.4 Å². The molecule has 1 N–H and O–H groups in total. The number of hydrazine groups is 1. The molecule has 2 aromatic carbocycles. The van der Waals surface area contributed by atoms with Crippen LogP contribution in [0.1, 0.15) is 82.0 Å². The Morgan fingerprint density at radius 1 is 0.667 bits per heavy atom. The maximum Gasteiger partial charge on any atom is 0.340 e. The Morgan fingerprint density at radius 3 is 1.38 bits per heavy atom. The van der Waals surface area contributed by atoms with Crippen LogP contribution in [0, 0.1) is 5.92 Å². The summed E-state index contributed by atoms with van der Waals surface area (Å²) < 4.78 is 20.8. The normalized spacial score (nSPS) is 12.2. The van der Waals surface area contributed by atoms with Crippen LogP contribution in [0.3, 0.4) is 0 Å². The lowest BCUT2D eigenvalue weighted by atomic mass is 10.0. The van der Waals surface area contributed by atoms with Crippen molar-refractivity contribution in [2.45, 2.75) is 40.5 Å². The average Bonchev–Trinajstić information content (AvgIpc) is 3.77. The maximum atomic E-state index is 13.7. The molecule has 0 unspecified atom stereocenters. The van der Waals surface area contributed by atoms with Gasteiger partial charge in [-0.05, 0) is 64.8 Å². The van der Waals surface area contributed by atoms with Crippen molar-refractivity contribution < 1.29 is 42.9 Å². The molecule has 0 atom stereocenters. The van der Waals surface area contributed by atoms with Crippen LogP contribution in [0.2, 0.25) is 0 Å². The van der Waals surface area contributed by atoms with E-state index < -0.39 is 35.7 Å². The summed E-state index contributed by atoms with van der Waals surface area (Å²) in [7, 11) is 0. The Morgan fingerprint density at radius 2 is 1.03 bits per heavy atom. The lowest BCUT2D eigenvalue weighted by molar-refractivity contribution is -0.119. The first-order chi connectivity index (χ1) is 18.8. The van der Waals surface area contributed by atoms with Gasteiger partial charge in [-0.15, -0.1) is 0 Å². The number of hydrogen-bond acceptors (Lipinski definition) is 10. The SMILES string of the molecule is CCOC(=O)c1cccc(C(=O)OCC)c1NN(C(=O)C1CC1)c1c(C(=O)OCC)cccc1C(=O)OCC. The van der Waals surface area contributed by atoms with Crippen molar-refractivity contribution in [3.8, 4) is 0 Å². The van der Waals surface area contributed by atoms with Gasteiger partial charge in [0.25, 0.3) is 0 Å². The molecule has 1 aliphatic carbocycles. The van der Waals surface area contributed by atoms with E-state index in [9.17, 15) is 24.0 Å². The summed E-state index contributed by atoms with van der Waals surface area (Å²) in [6, 6.07) is 8.62. The van der Waals surface area contributed by atoms with E-state index in [2.05, 4.69) is 5.43 Å². The van der Waals surface area contributed by atoms with Gasteiger partial charge in [0.05, 0.1) is 60.1 Å². The van der Waals surface area contributed by atoms with Crippen molar-refractivity contribution in [3.63, 3.8) is 0 Å². The number of anilines is 2. The average molecular weight is 541 g/mol. The van der Waals surface area contributed by atoms with Crippen LogP contribution in [0.15, 0.2) is 36.4 Å². The summed E-state index contributed by atoms with van der Waals surface area (Å²) in [5.74, 6) is -3.96. The van der Waals surface area contributed by atoms with Crippen LogP contribution >= 0.6 is 0 Å². The zero-order valence-electron chi connectivity index (χ0n) is 22.4. The molecule has 0 bridgehead atoms. The van der Waals surface area contributed by atoms with Gasteiger partial charge in [0.15, 0.2) is 0 Å². The number of ether oxygens (including phenoxy) is 4. The van der Waals surface area contributed by atoms with Crippen molar-refractivity contribution in [3.05, 3.63) is 58.7 Å². The van der Waals surface area contributed by atoms with Gasteiger partial charge in [0, 0.05) is 5.92 Å². The number of carbonyl (C=O) groups is 5. The minimum absolute atomic E-state index is 0.0462. The molecule has 0 aromatic heterocycles. The second-order valence-electron chi connectivity index (χ2n) is 8.37. The van der Waals surface area contributed by atoms with Crippen LogP contribution in [0.4, 0.5) is 11.4 Å². The van der Waals surface area contributed by atoms with Crippen LogP contribution in [-0.2, 0) is 23.7 Å². The Hall–Kier alpha value is -4.41. The molecular weight excluding hydrogens is 508 g/mol. The summed E-state index contributed by atoms with van der Waals surface area (Å²) >= 11 is 0. The summed E-state index contributed by atoms with van der Waals surface area (Å²) in [6.45, 7) is 6.72. The number of para-hydroxylation sites is 2. The second kappa shape index (κ2) is 13.4. The molecule has 39 heavy (non-hydrogen) atoms. The molecule has 1 amide bonds. The summed E-state index contributed by atoms with van der Waals surface area (Å²) in [4.78, 5) is 65.5. The monoisotopic (exact) mass is 540 g/mol. The van der Waals surface area contributed by atoms with Crippen molar-refractivity contribution in [1.82, 2.24) is 0 Å². The Bertz CT molecular complexity index is 1180. The number of nitrogens with one attached hydrogen (secondary N) is 1. The molecule has 2 aromatic rings. The molecule has 0 spiro atoms. The summed E-state index contributed by atoms with van der Waals surface area (Å²) in [6.07, 6.45) is 1.16. The highest BCUT2D eigenvalue weighted by molar-refractivity contribution is 6.13. The molecule has 0 radical (unpaired) electrons. The highest BCUT2D eigenvalue weighted by Crippen LogP contribution is 2.37. The number of benzene rings is 2. The lowest BCUT2D eigenvalue weighted by Gasteiger charge is -2.29. The van der Waals surface area contributed by atoms with Crippen LogP contribution in [0.25, 0.3) is 0 Å². The molecule has 11 heteroatoms. The van der Waals surface area contributed by atoms with E-state index in [1.807, 2.05) is 0 Å². The highest BCUT2D eigenvalue weighted by atomic mass is 16.5. The van der Waals surface area contributed by atoms with Crippen molar-refractivity contribution in [1.29, 1.82) is 0 Å². The van der Waals surface area contributed by atoms with Gasteiger partial charge in [0.2, 0.25) is 5.91 Å². The van der Waals surface area contributed by atoms with E-state index >= 15 is 0 Å². The van der Waals surface area contributed by atoms with Crippen LogP contribution in [-0.4, -0.2) is 56.2 Å². The fourth-order valence-electron chi connectivity index (χ4n) is 3.81. The van der Waals surface area contributed by atoms with E-state index in [0.29, 0.717) is 12.8 Å². The fraction of sp³-hybridized carbons (Fsp3) is 0.393. The Kier molecular flexibility index (Phi) is 10.0. The van der Waals surface area contributed by atoms with E-state index in [1.54, 1.807) is 27.7 Å². The topological polar surface area (TPSA) is 138 Å². The summed E-state index contributed by atoms with van der Waals surface area (Å²) in [5, 5.41) is 1.01. The molecule has 11 nitrogen and oxygen atoms in total. The number of hydrogen-bond donors (Lipinski definition) is 1. The molecule has 1 saturated carbocycles. The number of nitrogens with zero attached hydrogens (tertiary/aromatic N) is 1. The third-order valence-corrected chi connectivity index (χ3v) is 5.68. The van der Waals surface area contributed by atoms with Gasteiger partial charge in [0.1, 0.15) is 0 Å². The third kappa shape index (κ3) is 6.73. The van der Waals surface area contributed by atoms with Crippen LogP contribution in [0.5, 0.6) is 0 Å². The maximum absolute atomic E-state index is 13.7. The molecular formula is C28H32N2O9. The smallest absolute Gasteiger partial charge is 0.340 e. The molecule has 0 heterocycles. The fourth-order valence-corrected chi connectivity index (χ4v) is 3.81. The van der Waals surface area contributed by atoms with Gasteiger partial charge in [-0.25, -0.2) is 24.2 Å². The second-order valence-corrected chi connectivity index (χ2v) is 8.37. The Labute approximate surface area is 226 Å². The molecule has 0 aliphatic heterocycles. The number of amides is 1. The van der Waals surface area contributed by atoms with Gasteiger partial charge < -0.3 is 18.9 Å². The van der Waals surface area contributed by atoms with E-state index in [-0.39, 0.29) is 60.1 Å². The van der Waals surface area contributed by atoms with Gasteiger partial charge in [-0.2, -0.15) is 0 Å². The molecule has 1 aliphatic rings. The van der Waals surface area contributed by atoms with Crippen molar-refractivity contribution in [2.24, 2.45) is 5.92 Å². The van der Waals surface area contributed by atoms with Gasteiger partial charge in [-0.3, -0.25) is 10.2 Å². The van der Waals surface area contributed by atoms with Gasteiger partial charge >= 0.3 is 23.9 Å². The zero-order valence-corrected chi connectivity index (χ0v) is 22.4. The highest BCUT2D eigenvalue weighted by Gasteiger charge is 2.39. The molecule has 3 rings (SSSR count). The van der Waals surface area contributed by atoms with Crippen molar-refractivity contribution in [2.75, 3.05) is 36.9 Å². The van der Waals surface area contributed by atoms with E-state index in [0.717, 1.165) is 5.01 Å². The first-order valence-corrected chi connectivity index (χ1v) is 12.8.